The number of carbonyl (C=O) groups excluding carboxylic acids is 1. The Balaban J connectivity index is 1.84. The Bertz CT molecular complexity index is 433. The molecule has 1 aliphatic rings. The van der Waals surface area contributed by atoms with Crippen LogP contribution < -0.4 is 10.6 Å². The van der Waals surface area contributed by atoms with Gasteiger partial charge < -0.3 is 15.7 Å². The first-order valence-electron chi connectivity index (χ1n) is 6.59. The summed E-state index contributed by atoms with van der Waals surface area (Å²) in [6.45, 7) is 1.73. The number of hydrogen-bond acceptors (Lipinski definition) is 3. The molecule has 1 aromatic carbocycles. The van der Waals surface area contributed by atoms with E-state index in [1.807, 2.05) is 0 Å². The van der Waals surface area contributed by atoms with Crippen molar-refractivity contribution in [2.24, 2.45) is 5.92 Å². The maximum atomic E-state index is 13.4. The summed E-state index contributed by atoms with van der Waals surface area (Å²) in [5, 5.41) is 15.8. The second-order valence-electron chi connectivity index (χ2n) is 4.81. The van der Waals surface area contributed by atoms with Crippen LogP contribution in [0.4, 0.5) is 4.39 Å². The van der Waals surface area contributed by atoms with Gasteiger partial charge in [-0.15, -0.1) is 0 Å². The molecule has 1 fully saturated rings. The van der Waals surface area contributed by atoms with E-state index in [1.54, 1.807) is 12.1 Å². The minimum atomic E-state index is -1.01. The van der Waals surface area contributed by atoms with Crippen LogP contribution >= 0.6 is 0 Å². The van der Waals surface area contributed by atoms with Gasteiger partial charge in [0, 0.05) is 18.0 Å². The number of piperidine rings is 1. The third kappa shape index (κ3) is 3.75. The van der Waals surface area contributed by atoms with Crippen molar-refractivity contribution < 1.29 is 14.3 Å². The molecule has 0 aromatic heterocycles. The highest BCUT2D eigenvalue weighted by Gasteiger charge is 2.21. The first kappa shape index (κ1) is 14.0. The lowest BCUT2D eigenvalue weighted by Gasteiger charge is -2.22. The first-order valence-corrected chi connectivity index (χ1v) is 6.59. The second-order valence-corrected chi connectivity index (χ2v) is 4.81. The van der Waals surface area contributed by atoms with E-state index >= 15 is 0 Å². The zero-order chi connectivity index (χ0) is 13.7. The van der Waals surface area contributed by atoms with Gasteiger partial charge in [-0.05, 0) is 32.0 Å². The first-order chi connectivity index (χ1) is 9.18. The van der Waals surface area contributed by atoms with Gasteiger partial charge in [0.1, 0.15) is 5.82 Å². The average Bonchev–Trinajstić information content (AvgIpc) is 2.46. The molecule has 0 bridgehead atoms. The predicted octanol–water partition coefficient (Wildman–Crippen LogP) is 0.975. The molecule has 0 spiro atoms. The van der Waals surface area contributed by atoms with E-state index in [-0.39, 0.29) is 23.9 Å². The summed E-state index contributed by atoms with van der Waals surface area (Å²) in [6, 6.07) is 6.05. The third-order valence-electron chi connectivity index (χ3n) is 3.44. The molecule has 1 amide bonds. The molecule has 0 radical (unpaired) electrons. The van der Waals surface area contributed by atoms with Gasteiger partial charge in [0.15, 0.2) is 0 Å². The Morgan fingerprint density at radius 3 is 2.79 bits per heavy atom. The average molecular weight is 266 g/mol. The van der Waals surface area contributed by atoms with Crippen LogP contribution in [0.5, 0.6) is 0 Å². The Kier molecular flexibility index (Phi) is 4.87. The number of hydrogen-bond donors (Lipinski definition) is 3. The van der Waals surface area contributed by atoms with Crippen molar-refractivity contribution in [3.8, 4) is 0 Å². The largest absolute Gasteiger partial charge is 0.386 e. The molecule has 104 valence electrons. The van der Waals surface area contributed by atoms with Gasteiger partial charge in [-0.25, -0.2) is 4.39 Å². The van der Waals surface area contributed by atoms with Crippen molar-refractivity contribution in [2.45, 2.75) is 18.9 Å². The van der Waals surface area contributed by atoms with Crippen molar-refractivity contribution >= 4 is 5.91 Å². The SMILES string of the molecule is O=C(NCC(O)c1ccccc1F)C1CCNCC1. The van der Waals surface area contributed by atoms with Gasteiger partial charge >= 0.3 is 0 Å². The highest BCUT2D eigenvalue weighted by molar-refractivity contribution is 5.78. The second kappa shape index (κ2) is 6.63. The van der Waals surface area contributed by atoms with Crippen LogP contribution in [0.15, 0.2) is 24.3 Å². The topological polar surface area (TPSA) is 61.4 Å². The van der Waals surface area contributed by atoms with Gasteiger partial charge in [0.25, 0.3) is 0 Å². The van der Waals surface area contributed by atoms with Crippen LogP contribution in [-0.4, -0.2) is 30.6 Å². The molecule has 5 heteroatoms. The van der Waals surface area contributed by atoms with Crippen LogP contribution in [0.2, 0.25) is 0 Å². The molecular formula is C14H19FN2O2. The lowest BCUT2D eigenvalue weighted by atomic mass is 9.97. The third-order valence-corrected chi connectivity index (χ3v) is 3.44. The van der Waals surface area contributed by atoms with Crippen molar-refractivity contribution in [3.05, 3.63) is 35.6 Å². The lowest BCUT2D eigenvalue weighted by molar-refractivity contribution is -0.126. The van der Waals surface area contributed by atoms with Crippen molar-refractivity contribution in [1.82, 2.24) is 10.6 Å². The van der Waals surface area contributed by atoms with Crippen LogP contribution in [0.25, 0.3) is 0 Å². The van der Waals surface area contributed by atoms with Gasteiger partial charge in [0.05, 0.1) is 6.10 Å². The van der Waals surface area contributed by atoms with E-state index < -0.39 is 11.9 Å². The van der Waals surface area contributed by atoms with Gasteiger partial charge in [0.2, 0.25) is 5.91 Å². The zero-order valence-electron chi connectivity index (χ0n) is 10.7. The van der Waals surface area contributed by atoms with Crippen LogP contribution in [0.3, 0.4) is 0 Å². The maximum absolute atomic E-state index is 13.4. The van der Waals surface area contributed by atoms with Crippen molar-refractivity contribution in [3.63, 3.8) is 0 Å². The fourth-order valence-corrected chi connectivity index (χ4v) is 2.28. The number of aliphatic hydroxyl groups is 1. The van der Waals surface area contributed by atoms with Gasteiger partial charge in [-0.1, -0.05) is 18.2 Å². The Labute approximate surface area is 112 Å². The fraction of sp³-hybridized carbons (Fsp3) is 0.500. The summed E-state index contributed by atoms with van der Waals surface area (Å²) in [7, 11) is 0. The molecule has 1 heterocycles. The quantitative estimate of drug-likeness (QED) is 0.761. The molecule has 3 N–H and O–H groups in total. The molecule has 1 aromatic rings. The van der Waals surface area contributed by atoms with E-state index in [2.05, 4.69) is 10.6 Å². The molecule has 0 saturated carbocycles. The van der Waals surface area contributed by atoms with E-state index in [4.69, 9.17) is 0 Å². The van der Waals surface area contributed by atoms with Gasteiger partial charge in [-0.3, -0.25) is 4.79 Å². The monoisotopic (exact) mass is 266 g/mol. The molecule has 1 unspecified atom stereocenters. The van der Waals surface area contributed by atoms with Gasteiger partial charge in [-0.2, -0.15) is 0 Å². The van der Waals surface area contributed by atoms with Crippen molar-refractivity contribution in [1.29, 1.82) is 0 Å². The van der Waals surface area contributed by atoms with Crippen LogP contribution in [0, 0.1) is 11.7 Å². The molecule has 1 aliphatic heterocycles. The number of rotatable bonds is 4. The molecule has 1 atom stereocenters. The number of amides is 1. The minimum Gasteiger partial charge on any atom is -0.386 e. The fourth-order valence-electron chi connectivity index (χ4n) is 2.28. The standard InChI is InChI=1S/C14H19FN2O2/c15-12-4-2-1-3-11(12)13(18)9-17-14(19)10-5-7-16-8-6-10/h1-4,10,13,16,18H,5-9H2,(H,17,19). The molecule has 19 heavy (non-hydrogen) atoms. The molecule has 1 saturated heterocycles. The number of aliphatic hydroxyl groups excluding tert-OH is 1. The Morgan fingerprint density at radius 2 is 2.11 bits per heavy atom. The number of carbonyl (C=O) groups is 1. The normalized spacial score (nSPS) is 18.0. The summed E-state index contributed by atoms with van der Waals surface area (Å²) in [4.78, 5) is 11.9. The van der Waals surface area contributed by atoms with E-state index in [9.17, 15) is 14.3 Å². The van der Waals surface area contributed by atoms with Crippen LogP contribution in [-0.2, 0) is 4.79 Å². The highest BCUT2D eigenvalue weighted by Crippen LogP contribution is 2.16. The lowest BCUT2D eigenvalue weighted by Crippen LogP contribution is -2.39. The zero-order valence-corrected chi connectivity index (χ0v) is 10.7. The Morgan fingerprint density at radius 1 is 1.42 bits per heavy atom. The van der Waals surface area contributed by atoms with Crippen molar-refractivity contribution in [2.75, 3.05) is 19.6 Å². The van der Waals surface area contributed by atoms with E-state index in [1.165, 1.54) is 12.1 Å². The highest BCUT2D eigenvalue weighted by atomic mass is 19.1. The summed E-state index contributed by atoms with van der Waals surface area (Å²) < 4.78 is 13.4. The number of nitrogens with one attached hydrogen (secondary N) is 2. The Hall–Kier alpha value is -1.46. The summed E-state index contributed by atoms with van der Waals surface area (Å²) in [5.41, 5.74) is 0.216. The number of benzene rings is 1. The smallest absolute Gasteiger partial charge is 0.223 e. The number of halogens is 1. The van der Waals surface area contributed by atoms with Crippen LogP contribution in [0.1, 0.15) is 24.5 Å². The summed E-state index contributed by atoms with van der Waals surface area (Å²) in [6.07, 6.45) is 0.607. The summed E-state index contributed by atoms with van der Waals surface area (Å²) >= 11 is 0. The molecular weight excluding hydrogens is 247 g/mol. The molecule has 4 nitrogen and oxygen atoms in total. The van der Waals surface area contributed by atoms with E-state index in [0.29, 0.717) is 0 Å². The molecule has 2 rings (SSSR count). The van der Waals surface area contributed by atoms with E-state index in [0.717, 1.165) is 25.9 Å². The summed E-state index contributed by atoms with van der Waals surface area (Å²) in [5.74, 6) is -0.517. The molecule has 0 aliphatic carbocycles. The predicted molar refractivity (Wildman–Crippen MR) is 70.0 cm³/mol. The minimum absolute atomic E-state index is 0.00549. The maximum Gasteiger partial charge on any atom is 0.223 e.